The summed E-state index contributed by atoms with van der Waals surface area (Å²) in [6.07, 6.45) is 5.16. The molecule has 3 rings (SSSR count). The van der Waals surface area contributed by atoms with Crippen LogP contribution in [0.5, 0.6) is 6.01 Å². The lowest BCUT2D eigenvalue weighted by atomic mass is 9.85. The van der Waals surface area contributed by atoms with Gasteiger partial charge in [0.25, 0.3) is 0 Å². The van der Waals surface area contributed by atoms with Crippen LogP contribution in [0.25, 0.3) is 0 Å². The Labute approximate surface area is 140 Å². The maximum Gasteiger partial charge on any atom is 0.524 e. The third kappa shape index (κ3) is 3.44. The number of hydrogen-bond acceptors (Lipinski definition) is 5. The number of ether oxygens (including phenoxy) is 1. The van der Waals surface area contributed by atoms with Crippen molar-refractivity contribution in [2.45, 2.75) is 51.7 Å². The fourth-order valence-corrected chi connectivity index (χ4v) is 2.39. The summed E-state index contributed by atoms with van der Waals surface area (Å²) in [5, 5.41) is 0. The molecule has 0 aromatic carbocycles. The van der Waals surface area contributed by atoms with Crippen LogP contribution in [-0.4, -0.2) is 34.9 Å². The molecule has 2 fully saturated rings. The van der Waals surface area contributed by atoms with E-state index < -0.39 is 35.3 Å². The summed E-state index contributed by atoms with van der Waals surface area (Å²) >= 11 is 0. The minimum atomic E-state index is -1.01. The first-order valence-electron chi connectivity index (χ1n) is 7.97. The van der Waals surface area contributed by atoms with Crippen molar-refractivity contribution in [1.29, 1.82) is 0 Å². The quantitative estimate of drug-likeness (QED) is 0.772. The van der Waals surface area contributed by atoms with Crippen molar-refractivity contribution in [3.63, 3.8) is 0 Å². The summed E-state index contributed by atoms with van der Waals surface area (Å²) in [5.74, 6) is -0.532. The van der Waals surface area contributed by atoms with E-state index in [0.29, 0.717) is 0 Å². The number of halogens is 2. The molecular formula is C16H21BF2N2O3. The van der Waals surface area contributed by atoms with Crippen LogP contribution in [-0.2, 0) is 9.31 Å². The zero-order valence-corrected chi connectivity index (χ0v) is 14.3. The van der Waals surface area contributed by atoms with E-state index in [1.807, 2.05) is 27.7 Å². The molecule has 0 amide bonds. The summed E-state index contributed by atoms with van der Waals surface area (Å²) in [6, 6.07) is 0.0760. The summed E-state index contributed by atoms with van der Waals surface area (Å²) in [7, 11) is -1.01. The maximum atomic E-state index is 14.6. The molecule has 1 aliphatic heterocycles. The van der Waals surface area contributed by atoms with Crippen LogP contribution in [0, 0.1) is 11.2 Å². The van der Waals surface area contributed by atoms with E-state index in [4.69, 9.17) is 14.0 Å². The van der Waals surface area contributed by atoms with Crippen molar-refractivity contribution in [3.05, 3.63) is 30.0 Å². The van der Waals surface area contributed by atoms with Gasteiger partial charge in [0.05, 0.1) is 23.6 Å². The molecule has 1 saturated carbocycles. The standard InChI is InChI=1S/C16H21BF2N2O3/c1-14(2)15(3,4)24-17(23-14)12(19)7-16(5-6-16)10-22-13-20-8-11(18)9-21-13/h7-9H,5-6,10H2,1-4H3. The van der Waals surface area contributed by atoms with Crippen LogP contribution in [0.1, 0.15) is 40.5 Å². The van der Waals surface area contributed by atoms with Crippen molar-refractivity contribution < 1.29 is 22.8 Å². The van der Waals surface area contributed by atoms with Gasteiger partial charge < -0.3 is 14.0 Å². The second-order valence-electron chi connectivity index (χ2n) is 7.45. The fourth-order valence-electron chi connectivity index (χ4n) is 2.39. The molecule has 0 radical (unpaired) electrons. The van der Waals surface area contributed by atoms with Gasteiger partial charge in [0.2, 0.25) is 0 Å². The first-order chi connectivity index (χ1) is 11.1. The Kier molecular flexibility index (Phi) is 4.16. The van der Waals surface area contributed by atoms with Crippen LogP contribution in [0.4, 0.5) is 8.78 Å². The molecule has 0 N–H and O–H groups in total. The lowest BCUT2D eigenvalue weighted by Crippen LogP contribution is -2.41. The van der Waals surface area contributed by atoms with E-state index in [2.05, 4.69) is 9.97 Å². The molecule has 5 nitrogen and oxygen atoms in total. The van der Waals surface area contributed by atoms with Gasteiger partial charge in [-0.3, -0.25) is 0 Å². The fraction of sp³-hybridized carbons (Fsp3) is 0.625. The van der Waals surface area contributed by atoms with Crippen molar-refractivity contribution in [1.82, 2.24) is 9.97 Å². The van der Waals surface area contributed by atoms with E-state index >= 15 is 0 Å². The predicted molar refractivity (Wildman–Crippen MR) is 84.4 cm³/mol. The van der Waals surface area contributed by atoms with E-state index in [9.17, 15) is 8.78 Å². The van der Waals surface area contributed by atoms with Gasteiger partial charge in [-0.1, -0.05) is 0 Å². The monoisotopic (exact) mass is 338 g/mol. The largest absolute Gasteiger partial charge is 0.524 e. The predicted octanol–water partition coefficient (Wildman–Crippen LogP) is 3.26. The van der Waals surface area contributed by atoms with Crippen molar-refractivity contribution in [3.8, 4) is 6.01 Å². The molecule has 2 heterocycles. The molecule has 130 valence electrons. The zero-order valence-electron chi connectivity index (χ0n) is 14.3. The topological polar surface area (TPSA) is 53.5 Å². The Morgan fingerprint density at radius 1 is 1.21 bits per heavy atom. The van der Waals surface area contributed by atoms with Crippen molar-refractivity contribution in [2.24, 2.45) is 5.41 Å². The molecule has 0 atom stereocenters. The van der Waals surface area contributed by atoms with Gasteiger partial charge in [0.15, 0.2) is 5.82 Å². The van der Waals surface area contributed by atoms with Crippen LogP contribution in [0.3, 0.4) is 0 Å². The lowest BCUT2D eigenvalue weighted by Gasteiger charge is -2.32. The lowest BCUT2D eigenvalue weighted by molar-refractivity contribution is 0.00578. The molecule has 24 heavy (non-hydrogen) atoms. The average Bonchev–Trinajstić information content (AvgIpc) is 3.20. The van der Waals surface area contributed by atoms with E-state index in [1.165, 1.54) is 6.08 Å². The number of rotatable bonds is 5. The third-order valence-corrected chi connectivity index (χ3v) is 4.90. The molecular weight excluding hydrogens is 317 g/mol. The highest BCUT2D eigenvalue weighted by molar-refractivity contribution is 6.53. The average molecular weight is 338 g/mol. The zero-order chi connectivity index (χ0) is 17.6. The second-order valence-corrected chi connectivity index (χ2v) is 7.45. The minimum Gasteiger partial charge on any atom is -0.463 e. The molecule has 1 saturated heterocycles. The van der Waals surface area contributed by atoms with Gasteiger partial charge in [-0.2, -0.15) is 0 Å². The Hall–Kier alpha value is -1.54. The van der Waals surface area contributed by atoms with Gasteiger partial charge in [-0.05, 0) is 46.6 Å². The maximum absolute atomic E-state index is 14.6. The molecule has 1 aromatic rings. The number of aromatic nitrogens is 2. The van der Waals surface area contributed by atoms with Crippen molar-refractivity contribution in [2.75, 3.05) is 6.61 Å². The van der Waals surface area contributed by atoms with Gasteiger partial charge in [0, 0.05) is 5.41 Å². The molecule has 8 heteroatoms. The van der Waals surface area contributed by atoms with Gasteiger partial charge in [0.1, 0.15) is 12.3 Å². The summed E-state index contributed by atoms with van der Waals surface area (Å²) in [4.78, 5) is 7.46. The van der Waals surface area contributed by atoms with Crippen LogP contribution < -0.4 is 4.74 Å². The molecule has 0 bridgehead atoms. The summed E-state index contributed by atoms with van der Waals surface area (Å²) in [5.41, 5.74) is -2.03. The highest BCUT2D eigenvalue weighted by Crippen LogP contribution is 2.49. The van der Waals surface area contributed by atoms with Crippen LogP contribution in [0.15, 0.2) is 24.2 Å². The third-order valence-electron chi connectivity index (χ3n) is 4.90. The van der Waals surface area contributed by atoms with Crippen LogP contribution in [0.2, 0.25) is 0 Å². The Bertz CT molecular complexity index is 629. The highest BCUT2D eigenvalue weighted by atomic mass is 19.1. The first-order valence-corrected chi connectivity index (χ1v) is 7.97. The van der Waals surface area contributed by atoms with Crippen molar-refractivity contribution >= 4 is 7.12 Å². The van der Waals surface area contributed by atoms with E-state index in [1.54, 1.807) is 0 Å². The number of nitrogens with zero attached hydrogens (tertiary/aromatic N) is 2. The van der Waals surface area contributed by atoms with E-state index in [0.717, 1.165) is 25.2 Å². The first kappa shape index (κ1) is 17.3. The van der Waals surface area contributed by atoms with Gasteiger partial charge >= 0.3 is 13.1 Å². The normalized spacial score (nSPS) is 24.1. The Morgan fingerprint density at radius 3 is 2.25 bits per heavy atom. The van der Waals surface area contributed by atoms with Gasteiger partial charge in [-0.25, -0.2) is 18.7 Å². The van der Waals surface area contributed by atoms with Crippen LogP contribution >= 0.6 is 0 Å². The molecule has 0 spiro atoms. The number of hydrogen-bond donors (Lipinski definition) is 0. The highest BCUT2D eigenvalue weighted by Gasteiger charge is 2.54. The molecule has 1 aliphatic carbocycles. The van der Waals surface area contributed by atoms with Gasteiger partial charge in [-0.15, -0.1) is 0 Å². The Morgan fingerprint density at radius 2 is 1.75 bits per heavy atom. The summed E-state index contributed by atoms with van der Waals surface area (Å²) in [6.45, 7) is 7.74. The van der Waals surface area contributed by atoms with E-state index in [-0.39, 0.29) is 12.6 Å². The molecule has 2 aliphatic rings. The molecule has 1 aromatic heterocycles. The Balaban J connectivity index is 1.63. The molecule has 0 unspecified atom stereocenters. The summed E-state index contributed by atoms with van der Waals surface area (Å²) < 4.78 is 44.2. The SMILES string of the molecule is CC1(C)OB(C(F)=CC2(COc3ncc(F)cn3)CC2)OC1(C)C. The second kappa shape index (κ2) is 5.77. The smallest absolute Gasteiger partial charge is 0.463 e. The minimum absolute atomic E-state index is 0.0760.